The number of benzene rings is 1. The first-order valence-corrected chi connectivity index (χ1v) is 6.29. The summed E-state index contributed by atoms with van der Waals surface area (Å²) in [6.07, 6.45) is 3.54. The summed E-state index contributed by atoms with van der Waals surface area (Å²) in [7, 11) is 0. The molecule has 0 heterocycles. The predicted molar refractivity (Wildman–Crippen MR) is 71.7 cm³/mol. The Bertz CT molecular complexity index is 475. The van der Waals surface area contributed by atoms with Gasteiger partial charge in [0.15, 0.2) is 0 Å². The number of nitrogens with zero attached hydrogens (tertiary/aromatic N) is 1. The van der Waals surface area contributed by atoms with Gasteiger partial charge in [-0.3, -0.25) is 14.9 Å². The summed E-state index contributed by atoms with van der Waals surface area (Å²) < 4.78 is 0. The van der Waals surface area contributed by atoms with Gasteiger partial charge in [-0.05, 0) is 36.9 Å². The minimum Gasteiger partial charge on any atom is -0.330 e. The zero-order valence-corrected chi connectivity index (χ0v) is 10.6. The Morgan fingerprint density at radius 2 is 2.00 bits per heavy atom. The fourth-order valence-corrected chi connectivity index (χ4v) is 2.34. The molecule has 0 aliphatic heterocycles. The molecule has 0 atom stereocenters. The average molecular weight is 263 g/mol. The monoisotopic (exact) mass is 263 g/mol. The van der Waals surface area contributed by atoms with Crippen LogP contribution in [0.5, 0.6) is 0 Å². The topological polar surface area (TPSA) is 98.3 Å². The molecule has 0 unspecified atom stereocenters. The number of hydrogen-bond acceptors (Lipinski definition) is 4. The van der Waals surface area contributed by atoms with Crippen LogP contribution in [0.2, 0.25) is 0 Å². The quantitative estimate of drug-likeness (QED) is 0.627. The number of carbonyl (C=O) groups is 1. The second kappa shape index (κ2) is 5.36. The maximum atomic E-state index is 11.9. The normalized spacial score (nSPS) is 16.5. The van der Waals surface area contributed by atoms with E-state index in [4.69, 9.17) is 5.73 Å². The number of nitro groups is 1. The lowest BCUT2D eigenvalue weighted by Crippen LogP contribution is -2.40. The van der Waals surface area contributed by atoms with Crippen LogP contribution >= 0.6 is 0 Å². The molecule has 3 N–H and O–H groups in total. The van der Waals surface area contributed by atoms with Crippen LogP contribution < -0.4 is 11.1 Å². The van der Waals surface area contributed by atoms with E-state index in [0.717, 1.165) is 19.3 Å². The smallest absolute Gasteiger partial charge is 0.269 e. The SMILES string of the molecule is NCC1(CC(=O)Nc2ccc([N+](=O)[O-])cc2)CCC1. The maximum Gasteiger partial charge on any atom is 0.269 e. The minimum atomic E-state index is -0.469. The number of nitrogens with two attached hydrogens (primary N) is 1. The number of nitro benzene ring substituents is 1. The van der Waals surface area contributed by atoms with Gasteiger partial charge < -0.3 is 11.1 Å². The largest absolute Gasteiger partial charge is 0.330 e. The first-order valence-electron chi connectivity index (χ1n) is 6.29. The van der Waals surface area contributed by atoms with Crippen molar-refractivity contribution >= 4 is 17.3 Å². The molecule has 1 aliphatic carbocycles. The van der Waals surface area contributed by atoms with Gasteiger partial charge in [-0.25, -0.2) is 0 Å². The van der Waals surface area contributed by atoms with Gasteiger partial charge in [0.2, 0.25) is 5.91 Å². The third kappa shape index (κ3) is 3.08. The molecule has 0 bridgehead atoms. The molecule has 0 spiro atoms. The number of hydrogen-bond donors (Lipinski definition) is 2. The third-order valence-electron chi connectivity index (χ3n) is 3.74. The Morgan fingerprint density at radius 3 is 2.42 bits per heavy atom. The Hall–Kier alpha value is -1.95. The highest BCUT2D eigenvalue weighted by Gasteiger charge is 2.37. The van der Waals surface area contributed by atoms with E-state index < -0.39 is 4.92 Å². The van der Waals surface area contributed by atoms with E-state index in [9.17, 15) is 14.9 Å². The lowest BCUT2D eigenvalue weighted by molar-refractivity contribution is -0.384. The van der Waals surface area contributed by atoms with E-state index in [0.29, 0.717) is 18.7 Å². The molecule has 2 rings (SSSR count). The Morgan fingerprint density at radius 1 is 1.37 bits per heavy atom. The molecule has 6 nitrogen and oxygen atoms in total. The van der Waals surface area contributed by atoms with Crippen molar-refractivity contribution in [3.63, 3.8) is 0 Å². The molecule has 102 valence electrons. The van der Waals surface area contributed by atoms with Gasteiger partial charge in [0.25, 0.3) is 5.69 Å². The Kier molecular flexibility index (Phi) is 3.80. The second-order valence-electron chi connectivity index (χ2n) is 5.09. The molecule has 1 fully saturated rings. The van der Waals surface area contributed by atoms with Crippen LogP contribution in [0.25, 0.3) is 0 Å². The summed E-state index contributed by atoms with van der Waals surface area (Å²) in [5, 5.41) is 13.3. The van der Waals surface area contributed by atoms with Crippen LogP contribution in [0.4, 0.5) is 11.4 Å². The van der Waals surface area contributed by atoms with Crippen molar-refractivity contribution in [1.82, 2.24) is 0 Å². The van der Waals surface area contributed by atoms with Crippen LogP contribution in [0.15, 0.2) is 24.3 Å². The molecule has 0 radical (unpaired) electrons. The van der Waals surface area contributed by atoms with Crippen LogP contribution in [0.1, 0.15) is 25.7 Å². The lowest BCUT2D eigenvalue weighted by Gasteiger charge is -2.40. The van der Waals surface area contributed by atoms with Crippen molar-refractivity contribution < 1.29 is 9.72 Å². The molecule has 1 saturated carbocycles. The van der Waals surface area contributed by atoms with Crippen molar-refractivity contribution in [2.45, 2.75) is 25.7 Å². The van der Waals surface area contributed by atoms with Gasteiger partial charge in [-0.2, -0.15) is 0 Å². The second-order valence-corrected chi connectivity index (χ2v) is 5.09. The van der Waals surface area contributed by atoms with Crippen molar-refractivity contribution in [3.8, 4) is 0 Å². The number of nitrogens with one attached hydrogen (secondary N) is 1. The van der Waals surface area contributed by atoms with Crippen molar-refractivity contribution in [1.29, 1.82) is 0 Å². The number of rotatable bonds is 5. The van der Waals surface area contributed by atoms with Crippen LogP contribution in [-0.4, -0.2) is 17.4 Å². The average Bonchev–Trinajstić information content (AvgIpc) is 2.34. The number of anilines is 1. The summed E-state index contributed by atoms with van der Waals surface area (Å²) in [5.74, 6) is -0.0843. The first kappa shape index (κ1) is 13.5. The highest BCUT2D eigenvalue weighted by molar-refractivity contribution is 5.91. The first-order chi connectivity index (χ1) is 9.04. The van der Waals surface area contributed by atoms with E-state index >= 15 is 0 Å². The summed E-state index contributed by atoms with van der Waals surface area (Å²) in [5.41, 5.74) is 6.25. The number of non-ortho nitro benzene ring substituents is 1. The summed E-state index contributed by atoms with van der Waals surface area (Å²) in [6, 6.07) is 5.81. The van der Waals surface area contributed by atoms with E-state index in [-0.39, 0.29) is 17.0 Å². The van der Waals surface area contributed by atoms with Crippen LogP contribution in [-0.2, 0) is 4.79 Å². The van der Waals surface area contributed by atoms with Crippen LogP contribution in [0, 0.1) is 15.5 Å². The molecule has 0 aromatic heterocycles. The molecule has 0 saturated heterocycles. The van der Waals surface area contributed by atoms with E-state index in [1.54, 1.807) is 0 Å². The van der Waals surface area contributed by atoms with Gasteiger partial charge in [0.05, 0.1) is 4.92 Å². The van der Waals surface area contributed by atoms with Crippen molar-refractivity contribution in [3.05, 3.63) is 34.4 Å². The van der Waals surface area contributed by atoms with Crippen LogP contribution in [0.3, 0.4) is 0 Å². The van der Waals surface area contributed by atoms with E-state index in [1.165, 1.54) is 24.3 Å². The molecule has 6 heteroatoms. The van der Waals surface area contributed by atoms with Crippen molar-refractivity contribution in [2.24, 2.45) is 11.1 Å². The zero-order chi connectivity index (χ0) is 13.9. The standard InChI is InChI=1S/C13H17N3O3/c14-9-13(6-1-7-13)8-12(17)15-10-2-4-11(5-3-10)16(18)19/h2-5H,1,6-9,14H2,(H,15,17). The molecule has 19 heavy (non-hydrogen) atoms. The summed E-state index contributed by atoms with van der Waals surface area (Å²) in [6.45, 7) is 0.528. The molecule has 1 aromatic carbocycles. The molecular formula is C13H17N3O3. The van der Waals surface area contributed by atoms with E-state index in [1.807, 2.05) is 0 Å². The summed E-state index contributed by atoms with van der Waals surface area (Å²) >= 11 is 0. The highest BCUT2D eigenvalue weighted by Crippen LogP contribution is 2.43. The van der Waals surface area contributed by atoms with E-state index in [2.05, 4.69) is 5.32 Å². The molecule has 1 aromatic rings. The van der Waals surface area contributed by atoms with Gasteiger partial charge in [-0.15, -0.1) is 0 Å². The Labute approximate surface area is 111 Å². The minimum absolute atomic E-state index is 0.00965. The zero-order valence-electron chi connectivity index (χ0n) is 10.6. The number of carbonyl (C=O) groups excluding carboxylic acids is 1. The predicted octanol–water partition coefficient (Wildman–Crippen LogP) is 2.05. The Balaban J connectivity index is 1.93. The molecule has 1 aliphatic rings. The van der Waals surface area contributed by atoms with Gasteiger partial charge in [0.1, 0.15) is 0 Å². The fraction of sp³-hybridized carbons (Fsp3) is 0.462. The van der Waals surface area contributed by atoms with Gasteiger partial charge in [-0.1, -0.05) is 6.42 Å². The summed E-state index contributed by atoms with van der Waals surface area (Å²) in [4.78, 5) is 21.9. The highest BCUT2D eigenvalue weighted by atomic mass is 16.6. The molecule has 1 amide bonds. The lowest BCUT2D eigenvalue weighted by atomic mass is 9.66. The third-order valence-corrected chi connectivity index (χ3v) is 3.74. The fourth-order valence-electron chi connectivity index (χ4n) is 2.34. The van der Waals surface area contributed by atoms with Gasteiger partial charge in [0, 0.05) is 24.2 Å². The van der Waals surface area contributed by atoms with Crippen molar-refractivity contribution in [2.75, 3.05) is 11.9 Å². The molecular weight excluding hydrogens is 246 g/mol. The van der Waals surface area contributed by atoms with Gasteiger partial charge >= 0.3 is 0 Å². The number of amides is 1. The maximum absolute atomic E-state index is 11.9.